The lowest BCUT2D eigenvalue weighted by Crippen LogP contribution is -2.27. The molecule has 1 aromatic carbocycles. The second kappa shape index (κ2) is 4.84. The molecule has 2 nitrogen and oxygen atoms in total. The van der Waals surface area contributed by atoms with E-state index in [4.69, 9.17) is 0 Å². The maximum absolute atomic E-state index is 12.9. The molecule has 0 heterocycles. The highest BCUT2D eigenvalue weighted by atomic mass is 19.4. The Kier molecular flexibility index (Phi) is 3.38. The van der Waals surface area contributed by atoms with Gasteiger partial charge < -0.3 is 0 Å². The number of rotatable bonds is 2. The van der Waals surface area contributed by atoms with E-state index in [0.717, 1.165) is 6.08 Å². The number of benzene rings is 1. The van der Waals surface area contributed by atoms with Crippen LogP contribution in [0.1, 0.15) is 5.56 Å². The minimum absolute atomic E-state index is 0.204. The summed E-state index contributed by atoms with van der Waals surface area (Å²) in [5, 5.41) is 0. The van der Waals surface area contributed by atoms with Crippen molar-refractivity contribution in [3.8, 4) is 0 Å². The van der Waals surface area contributed by atoms with E-state index in [1.54, 1.807) is 30.3 Å². The maximum Gasteiger partial charge on any atom is 0.420 e. The lowest BCUT2D eigenvalue weighted by atomic mass is 9.90. The molecule has 0 N–H and O–H groups in total. The van der Waals surface area contributed by atoms with Crippen molar-refractivity contribution in [1.29, 1.82) is 0 Å². The molecule has 0 saturated heterocycles. The molecule has 0 unspecified atom stereocenters. The highest BCUT2D eigenvalue weighted by molar-refractivity contribution is 6.20. The summed E-state index contributed by atoms with van der Waals surface area (Å²) >= 11 is 0. The zero-order chi connectivity index (χ0) is 14.0. The molecule has 0 spiro atoms. The van der Waals surface area contributed by atoms with Gasteiger partial charge in [0.15, 0.2) is 11.6 Å². The summed E-state index contributed by atoms with van der Waals surface area (Å²) in [6.07, 6.45) is -3.47. The molecule has 2 rings (SSSR count). The quantitative estimate of drug-likeness (QED) is 0.771. The van der Waals surface area contributed by atoms with Crippen molar-refractivity contribution < 1.29 is 22.8 Å². The van der Waals surface area contributed by atoms with Crippen molar-refractivity contribution in [3.05, 3.63) is 59.2 Å². The van der Waals surface area contributed by atoms with Crippen LogP contribution in [0.3, 0.4) is 0 Å². The van der Waals surface area contributed by atoms with Gasteiger partial charge in [-0.3, -0.25) is 9.59 Å². The van der Waals surface area contributed by atoms with Gasteiger partial charge >= 0.3 is 6.18 Å². The van der Waals surface area contributed by atoms with Gasteiger partial charge in [0.05, 0.1) is 0 Å². The average Bonchev–Trinajstić information content (AvgIpc) is 2.33. The van der Waals surface area contributed by atoms with Crippen LogP contribution in [0.15, 0.2) is 53.6 Å². The van der Waals surface area contributed by atoms with Gasteiger partial charge in [-0.25, -0.2) is 0 Å². The first kappa shape index (κ1) is 13.3. The fourth-order valence-corrected chi connectivity index (χ4v) is 1.89. The van der Waals surface area contributed by atoms with Crippen LogP contribution in [0.5, 0.6) is 0 Å². The van der Waals surface area contributed by atoms with Gasteiger partial charge in [-0.2, -0.15) is 13.2 Å². The number of carbonyl (C=O) groups excluding carboxylic acids is 2. The Morgan fingerprint density at radius 2 is 1.47 bits per heavy atom. The van der Waals surface area contributed by atoms with Crippen LogP contribution in [0.2, 0.25) is 0 Å². The summed E-state index contributed by atoms with van der Waals surface area (Å²) < 4.78 is 38.6. The van der Waals surface area contributed by atoms with Gasteiger partial charge in [0.25, 0.3) is 0 Å². The van der Waals surface area contributed by atoms with E-state index in [0.29, 0.717) is 11.6 Å². The smallest absolute Gasteiger partial charge is 0.290 e. The number of halogens is 3. The zero-order valence-electron chi connectivity index (χ0n) is 9.70. The number of hydrogen-bond donors (Lipinski definition) is 0. The maximum atomic E-state index is 12.9. The number of alkyl halides is 3. The minimum atomic E-state index is -4.82. The summed E-state index contributed by atoms with van der Waals surface area (Å²) in [7, 11) is 0. The second-order valence-corrected chi connectivity index (χ2v) is 4.08. The minimum Gasteiger partial charge on any atom is -0.290 e. The number of carbonyl (C=O) groups is 2. The Labute approximate surface area is 107 Å². The van der Waals surface area contributed by atoms with E-state index in [1.165, 1.54) is 0 Å². The fourth-order valence-electron chi connectivity index (χ4n) is 1.89. The van der Waals surface area contributed by atoms with E-state index >= 15 is 0 Å². The predicted molar refractivity (Wildman–Crippen MR) is 62.4 cm³/mol. The first-order valence-electron chi connectivity index (χ1n) is 5.50. The third-order valence-electron chi connectivity index (χ3n) is 2.74. The number of allylic oxidation sites excluding steroid dienone is 4. The van der Waals surface area contributed by atoms with Gasteiger partial charge in [-0.05, 0) is 17.7 Å². The second-order valence-electron chi connectivity index (χ2n) is 4.08. The summed E-state index contributed by atoms with van der Waals surface area (Å²) in [6, 6.07) is 8.26. The van der Waals surface area contributed by atoms with E-state index < -0.39 is 28.9 Å². The molecule has 0 amide bonds. The molecular weight excluding hydrogens is 257 g/mol. The summed E-state index contributed by atoms with van der Waals surface area (Å²) in [5.74, 6) is -1.94. The molecule has 0 fully saturated rings. The third kappa shape index (κ3) is 2.81. The van der Waals surface area contributed by atoms with Crippen LogP contribution in [-0.4, -0.2) is 17.7 Å². The monoisotopic (exact) mass is 266 g/mol. The normalized spacial score (nSPS) is 16.2. The molecule has 98 valence electrons. The van der Waals surface area contributed by atoms with Crippen LogP contribution < -0.4 is 0 Å². The third-order valence-corrected chi connectivity index (χ3v) is 2.74. The van der Waals surface area contributed by atoms with Crippen molar-refractivity contribution in [2.24, 2.45) is 0 Å². The lowest BCUT2D eigenvalue weighted by Gasteiger charge is -2.17. The molecule has 5 heteroatoms. The first-order valence-corrected chi connectivity index (χ1v) is 5.50. The summed E-state index contributed by atoms with van der Waals surface area (Å²) in [6.45, 7) is 0. The van der Waals surface area contributed by atoms with Crippen molar-refractivity contribution in [1.82, 2.24) is 0 Å². The van der Waals surface area contributed by atoms with Crippen LogP contribution in [0.25, 0.3) is 0 Å². The van der Waals surface area contributed by atoms with Crippen LogP contribution in [0.4, 0.5) is 13.2 Å². The van der Waals surface area contributed by atoms with Crippen molar-refractivity contribution in [3.63, 3.8) is 0 Å². The van der Waals surface area contributed by atoms with Crippen molar-refractivity contribution >= 4 is 11.6 Å². The Hall–Kier alpha value is -2.17. The summed E-state index contributed by atoms with van der Waals surface area (Å²) in [5.41, 5.74) is -1.30. The van der Waals surface area contributed by atoms with E-state index in [-0.39, 0.29) is 6.42 Å². The molecule has 0 aliphatic heterocycles. The van der Waals surface area contributed by atoms with E-state index in [9.17, 15) is 22.8 Å². The predicted octanol–water partition coefficient (Wildman–Crippen LogP) is 2.80. The van der Waals surface area contributed by atoms with E-state index in [2.05, 4.69) is 0 Å². The van der Waals surface area contributed by atoms with Gasteiger partial charge in [-0.1, -0.05) is 30.3 Å². The highest BCUT2D eigenvalue weighted by Crippen LogP contribution is 2.33. The van der Waals surface area contributed by atoms with Gasteiger partial charge in [0.1, 0.15) is 5.57 Å². The van der Waals surface area contributed by atoms with Crippen LogP contribution >= 0.6 is 0 Å². The lowest BCUT2D eigenvalue weighted by molar-refractivity contribution is -0.128. The van der Waals surface area contributed by atoms with Crippen LogP contribution in [-0.2, 0) is 16.0 Å². The SMILES string of the molecule is O=C1C=CC(=O)C(C(F)(F)F)=C1Cc1ccccc1. The van der Waals surface area contributed by atoms with Crippen molar-refractivity contribution in [2.45, 2.75) is 12.6 Å². The zero-order valence-corrected chi connectivity index (χ0v) is 9.70. The average molecular weight is 266 g/mol. The fraction of sp³-hybridized carbons (Fsp3) is 0.143. The molecule has 1 aromatic rings. The van der Waals surface area contributed by atoms with Crippen LogP contribution in [0, 0.1) is 0 Å². The molecule has 0 saturated carbocycles. The Morgan fingerprint density at radius 1 is 0.895 bits per heavy atom. The topological polar surface area (TPSA) is 34.1 Å². The Balaban J connectivity index is 2.47. The molecule has 1 aliphatic carbocycles. The summed E-state index contributed by atoms with van der Waals surface area (Å²) in [4.78, 5) is 23.0. The molecule has 0 radical (unpaired) electrons. The molecule has 19 heavy (non-hydrogen) atoms. The number of hydrogen-bond acceptors (Lipinski definition) is 2. The molecular formula is C14H9F3O2. The number of ketones is 2. The molecule has 0 aromatic heterocycles. The Bertz CT molecular complexity index is 580. The molecule has 0 bridgehead atoms. The first-order chi connectivity index (χ1) is 8.89. The van der Waals surface area contributed by atoms with Gasteiger partial charge in [0.2, 0.25) is 0 Å². The Morgan fingerprint density at radius 3 is 2.05 bits per heavy atom. The molecule has 0 atom stereocenters. The standard InChI is InChI=1S/C14H9F3O2/c15-14(16,17)13-10(11(18)6-7-12(13)19)8-9-4-2-1-3-5-9/h1-7H,8H2. The van der Waals surface area contributed by atoms with E-state index in [1.807, 2.05) is 0 Å². The van der Waals surface area contributed by atoms with Gasteiger partial charge in [-0.15, -0.1) is 0 Å². The highest BCUT2D eigenvalue weighted by Gasteiger charge is 2.42. The van der Waals surface area contributed by atoms with Crippen molar-refractivity contribution in [2.75, 3.05) is 0 Å². The van der Waals surface area contributed by atoms with Gasteiger partial charge in [0, 0.05) is 12.0 Å². The largest absolute Gasteiger partial charge is 0.420 e. The molecule has 1 aliphatic rings.